The zero-order valence-corrected chi connectivity index (χ0v) is 8.54. The van der Waals surface area contributed by atoms with Crippen LogP contribution >= 0.6 is 0 Å². The van der Waals surface area contributed by atoms with E-state index < -0.39 is 0 Å². The summed E-state index contributed by atoms with van der Waals surface area (Å²) in [5.41, 5.74) is 7.64. The van der Waals surface area contributed by atoms with Crippen LogP contribution in [0, 0.1) is 6.92 Å². The van der Waals surface area contributed by atoms with Crippen LogP contribution in [0.5, 0.6) is 5.75 Å². The van der Waals surface area contributed by atoms with Crippen LogP contribution in [-0.2, 0) is 11.3 Å². The van der Waals surface area contributed by atoms with Gasteiger partial charge in [0.1, 0.15) is 12.4 Å². The van der Waals surface area contributed by atoms with E-state index in [2.05, 4.69) is 0 Å². The van der Waals surface area contributed by atoms with Gasteiger partial charge in [-0.25, -0.2) is 0 Å². The van der Waals surface area contributed by atoms with Crippen molar-refractivity contribution in [2.24, 2.45) is 5.73 Å². The van der Waals surface area contributed by atoms with Crippen molar-refractivity contribution in [3.8, 4) is 5.75 Å². The summed E-state index contributed by atoms with van der Waals surface area (Å²) < 4.78 is 5.31. The van der Waals surface area contributed by atoms with E-state index >= 15 is 0 Å². The number of ketones is 1. The van der Waals surface area contributed by atoms with Crippen molar-refractivity contribution in [3.05, 3.63) is 29.3 Å². The van der Waals surface area contributed by atoms with Crippen LogP contribution in [0.15, 0.2) is 18.2 Å². The van der Waals surface area contributed by atoms with Crippen LogP contribution < -0.4 is 10.5 Å². The van der Waals surface area contributed by atoms with Crippen molar-refractivity contribution in [1.82, 2.24) is 0 Å². The molecule has 0 radical (unpaired) electrons. The van der Waals surface area contributed by atoms with Crippen molar-refractivity contribution in [3.63, 3.8) is 0 Å². The smallest absolute Gasteiger partial charge is 0.167 e. The maximum atomic E-state index is 10.7. The molecule has 0 fully saturated rings. The molecule has 0 spiro atoms. The minimum absolute atomic E-state index is 0.00791. The monoisotopic (exact) mass is 193 g/mol. The molecule has 0 aliphatic carbocycles. The third-order valence-corrected chi connectivity index (χ3v) is 1.87. The summed E-state index contributed by atoms with van der Waals surface area (Å²) >= 11 is 0. The number of carbonyl (C=O) groups is 1. The number of hydrogen-bond acceptors (Lipinski definition) is 3. The number of Topliss-reactive ketones (excluding diaryl/α,β-unsaturated/α-hetero) is 1. The third kappa shape index (κ3) is 2.85. The first kappa shape index (κ1) is 10.7. The van der Waals surface area contributed by atoms with E-state index in [9.17, 15) is 4.79 Å². The maximum absolute atomic E-state index is 10.7. The molecule has 1 rings (SSSR count). The third-order valence-electron chi connectivity index (χ3n) is 1.87. The Bertz CT molecular complexity index is 334. The lowest BCUT2D eigenvalue weighted by Gasteiger charge is -2.09. The Morgan fingerprint density at radius 3 is 2.79 bits per heavy atom. The van der Waals surface area contributed by atoms with Crippen LogP contribution in [0.3, 0.4) is 0 Å². The van der Waals surface area contributed by atoms with Gasteiger partial charge in [-0.2, -0.15) is 0 Å². The van der Waals surface area contributed by atoms with Gasteiger partial charge in [0.15, 0.2) is 5.78 Å². The second kappa shape index (κ2) is 4.77. The highest BCUT2D eigenvalue weighted by Crippen LogP contribution is 2.19. The fourth-order valence-corrected chi connectivity index (χ4v) is 1.19. The molecule has 2 N–H and O–H groups in total. The lowest BCUT2D eigenvalue weighted by Crippen LogP contribution is -2.09. The van der Waals surface area contributed by atoms with Gasteiger partial charge in [-0.1, -0.05) is 17.7 Å². The van der Waals surface area contributed by atoms with Gasteiger partial charge in [-0.05, 0) is 19.9 Å². The first-order valence-corrected chi connectivity index (χ1v) is 4.55. The van der Waals surface area contributed by atoms with E-state index in [4.69, 9.17) is 10.5 Å². The Morgan fingerprint density at radius 1 is 1.50 bits per heavy atom. The number of nitrogens with two attached hydrogens (primary N) is 1. The summed E-state index contributed by atoms with van der Waals surface area (Å²) in [6, 6.07) is 5.75. The van der Waals surface area contributed by atoms with Crippen molar-refractivity contribution in [2.75, 3.05) is 6.61 Å². The predicted molar refractivity (Wildman–Crippen MR) is 55.2 cm³/mol. The highest BCUT2D eigenvalue weighted by Gasteiger charge is 2.03. The molecule has 76 valence electrons. The summed E-state index contributed by atoms with van der Waals surface area (Å²) in [5, 5.41) is 0. The summed E-state index contributed by atoms with van der Waals surface area (Å²) in [6.45, 7) is 4.02. The Morgan fingerprint density at radius 2 is 2.21 bits per heavy atom. The molecular formula is C11H15NO2. The van der Waals surface area contributed by atoms with Gasteiger partial charge in [0, 0.05) is 12.1 Å². The quantitative estimate of drug-likeness (QED) is 0.786. The number of carbonyl (C=O) groups excluding carboxylic acids is 1. The molecule has 0 heterocycles. The highest BCUT2D eigenvalue weighted by molar-refractivity contribution is 5.77. The minimum atomic E-state index is 0.00791. The first-order valence-electron chi connectivity index (χ1n) is 4.55. The Hall–Kier alpha value is -1.35. The molecule has 0 saturated heterocycles. The summed E-state index contributed by atoms with van der Waals surface area (Å²) in [6.07, 6.45) is 0. The van der Waals surface area contributed by atoms with Crippen LogP contribution in [0.2, 0.25) is 0 Å². The van der Waals surface area contributed by atoms with Gasteiger partial charge < -0.3 is 10.5 Å². The summed E-state index contributed by atoms with van der Waals surface area (Å²) in [5.74, 6) is 0.710. The van der Waals surface area contributed by atoms with Crippen LogP contribution in [0.25, 0.3) is 0 Å². The molecule has 0 atom stereocenters. The molecule has 0 unspecified atom stereocenters. The van der Waals surface area contributed by atoms with E-state index in [1.54, 1.807) is 0 Å². The molecular weight excluding hydrogens is 178 g/mol. The lowest BCUT2D eigenvalue weighted by atomic mass is 10.1. The topological polar surface area (TPSA) is 52.3 Å². The fraction of sp³-hybridized carbons (Fsp3) is 0.364. The Balaban J connectivity index is 2.80. The second-order valence-corrected chi connectivity index (χ2v) is 3.31. The standard InChI is InChI=1S/C11H15NO2/c1-8-3-4-11(10(5-8)6-12)14-7-9(2)13/h3-5H,6-7,12H2,1-2H3. The van der Waals surface area contributed by atoms with Gasteiger partial charge in [-0.3, -0.25) is 4.79 Å². The van der Waals surface area contributed by atoms with E-state index in [1.807, 2.05) is 25.1 Å². The number of rotatable bonds is 4. The van der Waals surface area contributed by atoms with Crippen molar-refractivity contribution < 1.29 is 9.53 Å². The van der Waals surface area contributed by atoms with Gasteiger partial charge in [0.25, 0.3) is 0 Å². The van der Waals surface area contributed by atoms with E-state index in [-0.39, 0.29) is 12.4 Å². The largest absolute Gasteiger partial charge is 0.486 e. The zero-order chi connectivity index (χ0) is 10.6. The average molecular weight is 193 g/mol. The molecule has 0 aromatic heterocycles. The zero-order valence-electron chi connectivity index (χ0n) is 8.54. The Labute approximate surface area is 83.9 Å². The lowest BCUT2D eigenvalue weighted by molar-refractivity contribution is -0.118. The minimum Gasteiger partial charge on any atom is -0.486 e. The molecule has 3 nitrogen and oxygen atoms in total. The normalized spacial score (nSPS) is 9.93. The predicted octanol–water partition coefficient (Wildman–Crippen LogP) is 1.42. The SMILES string of the molecule is CC(=O)COc1ccc(C)cc1CN. The van der Waals surface area contributed by atoms with Crippen LogP contribution in [0.4, 0.5) is 0 Å². The van der Waals surface area contributed by atoms with Crippen molar-refractivity contribution in [2.45, 2.75) is 20.4 Å². The van der Waals surface area contributed by atoms with Gasteiger partial charge >= 0.3 is 0 Å². The highest BCUT2D eigenvalue weighted by atomic mass is 16.5. The molecule has 0 amide bonds. The molecule has 1 aromatic carbocycles. The first-order chi connectivity index (χ1) is 6.63. The van der Waals surface area contributed by atoms with Crippen molar-refractivity contribution >= 4 is 5.78 Å². The van der Waals surface area contributed by atoms with E-state index in [0.717, 1.165) is 11.1 Å². The average Bonchev–Trinajstić information content (AvgIpc) is 2.15. The van der Waals surface area contributed by atoms with Crippen LogP contribution in [-0.4, -0.2) is 12.4 Å². The number of aryl methyl sites for hydroxylation is 1. The molecule has 14 heavy (non-hydrogen) atoms. The summed E-state index contributed by atoms with van der Waals surface area (Å²) in [7, 11) is 0. The van der Waals surface area contributed by atoms with Crippen LogP contribution in [0.1, 0.15) is 18.1 Å². The molecule has 0 saturated carbocycles. The molecule has 1 aromatic rings. The summed E-state index contributed by atoms with van der Waals surface area (Å²) in [4.78, 5) is 10.7. The molecule has 3 heteroatoms. The van der Waals surface area contributed by atoms with Gasteiger partial charge in [-0.15, -0.1) is 0 Å². The Kier molecular flexibility index (Phi) is 3.65. The number of hydrogen-bond donors (Lipinski definition) is 1. The number of benzene rings is 1. The molecule has 0 aliphatic heterocycles. The van der Waals surface area contributed by atoms with E-state index in [0.29, 0.717) is 12.3 Å². The van der Waals surface area contributed by atoms with Gasteiger partial charge in [0.05, 0.1) is 0 Å². The molecule has 0 aliphatic rings. The fourth-order valence-electron chi connectivity index (χ4n) is 1.19. The van der Waals surface area contributed by atoms with Gasteiger partial charge in [0.2, 0.25) is 0 Å². The van der Waals surface area contributed by atoms with Crippen molar-refractivity contribution in [1.29, 1.82) is 0 Å². The maximum Gasteiger partial charge on any atom is 0.167 e. The second-order valence-electron chi connectivity index (χ2n) is 3.31. The number of ether oxygens (including phenoxy) is 1. The van der Waals surface area contributed by atoms with E-state index in [1.165, 1.54) is 6.92 Å². The molecule has 0 bridgehead atoms.